The van der Waals surface area contributed by atoms with Gasteiger partial charge in [-0.1, -0.05) is 0 Å². The quantitative estimate of drug-likeness (QED) is 0.0796. The average molecular weight is 731 g/mol. The molecule has 0 saturated carbocycles. The molecule has 16 N–H and O–H groups in total. The standard InChI is InChI=1S/C18H30N4O12.6H2O.2Zn/c23-13(24)7-19(3-5-21(9-15(27)28)10-16(29)30)1-2-20(8-14(25)26)4-6-22(11-17(31)32)12-18(33)34;;;;;;;;/h1-12H2,(H,23,24)(H,25,26)(H,27,28)(H,29,30)(H,31,32)(H,33,34);6*1H2;;/p-2. The van der Waals surface area contributed by atoms with E-state index in [1.807, 2.05) is 0 Å². The zero-order chi connectivity index (χ0) is 26.3. The van der Waals surface area contributed by atoms with Crippen molar-refractivity contribution in [1.29, 1.82) is 0 Å². The molecule has 0 spiro atoms. The molecule has 0 aromatic carbocycles. The minimum Gasteiger partial charge on any atom is -0.549 e. The molecule has 0 aliphatic heterocycles. The molecular weight excluding hydrogens is 691 g/mol. The molecule has 24 heteroatoms. The Labute approximate surface area is 264 Å². The summed E-state index contributed by atoms with van der Waals surface area (Å²) in [5, 5.41) is 57.6. The van der Waals surface area contributed by atoms with Crippen LogP contribution in [0.3, 0.4) is 0 Å². The maximum atomic E-state index is 11.2. The molecule has 0 aromatic rings. The molecule has 0 saturated heterocycles. The number of carbonyl (C=O) groups excluding carboxylic acids is 2. The van der Waals surface area contributed by atoms with Crippen LogP contribution in [-0.4, -0.2) is 187 Å². The summed E-state index contributed by atoms with van der Waals surface area (Å²) in [6.07, 6.45) is 0. The number of nitrogens with zero attached hydrogens (tertiary/aromatic N) is 4. The van der Waals surface area contributed by atoms with Crippen LogP contribution in [0.4, 0.5) is 0 Å². The summed E-state index contributed by atoms with van der Waals surface area (Å²) in [4.78, 5) is 70.5. The maximum Gasteiger partial charge on any atom is 0.317 e. The topological polar surface area (TPSA) is 431 Å². The zero-order valence-corrected chi connectivity index (χ0v) is 28.7. The van der Waals surface area contributed by atoms with Gasteiger partial charge in [0.05, 0.1) is 38.1 Å². The Hall–Kier alpha value is -2.33. The first-order chi connectivity index (χ1) is 15.8. The van der Waals surface area contributed by atoms with E-state index in [1.165, 1.54) is 9.80 Å². The molecule has 0 bridgehead atoms. The van der Waals surface area contributed by atoms with Gasteiger partial charge in [-0.25, -0.2) is 0 Å². The van der Waals surface area contributed by atoms with E-state index in [2.05, 4.69) is 0 Å². The molecule has 0 fully saturated rings. The van der Waals surface area contributed by atoms with Crippen LogP contribution in [-0.2, 0) is 67.7 Å². The average Bonchev–Trinajstić information content (AvgIpc) is 2.64. The van der Waals surface area contributed by atoms with E-state index < -0.39 is 75.1 Å². The second-order valence-corrected chi connectivity index (χ2v) is 7.29. The van der Waals surface area contributed by atoms with Crippen LogP contribution in [0.5, 0.6) is 0 Å². The molecule has 0 aromatic heterocycles. The molecule has 0 aliphatic rings. The molecule has 42 heavy (non-hydrogen) atoms. The van der Waals surface area contributed by atoms with Crippen molar-refractivity contribution in [2.45, 2.75) is 0 Å². The molecule has 0 rings (SSSR count). The maximum absolute atomic E-state index is 11.2. The smallest absolute Gasteiger partial charge is 0.317 e. The monoisotopic (exact) mass is 728 g/mol. The van der Waals surface area contributed by atoms with Crippen LogP contribution in [0.15, 0.2) is 0 Å². The first kappa shape index (κ1) is 63.1. The summed E-state index contributed by atoms with van der Waals surface area (Å²) in [6.45, 7) is -3.95. The largest absolute Gasteiger partial charge is 0.549 e. The van der Waals surface area contributed by atoms with E-state index in [0.29, 0.717) is 0 Å². The molecule has 246 valence electrons. The van der Waals surface area contributed by atoms with Crippen molar-refractivity contribution >= 4 is 35.8 Å². The Kier molecular flexibility index (Phi) is 52.4. The van der Waals surface area contributed by atoms with Crippen LogP contribution < -0.4 is 10.2 Å². The Morgan fingerprint density at radius 1 is 0.381 bits per heavy atom. The fraction of sp³-hybridized carbons (Fsp3) is 0.667. The van der Waals surface area contributed by atoms with E-state index in [9.17, 15) is 39.0 Å². The van der Waals surface area contributed by atoms with Gasteiger partial charge in [-0.2, -0.15) is 0 Å². The summed E-state index contributed by atoms with van der Waals surface area (Å²) in [5.74, 6) is -8.06. The first-order valence-corrected chi connectivity index (χ1v) is 9.94. The van der Waals surface area contributed by atoms with Gasteiger partial charge in [0.15, 0.2) is 0 Å². The van der Waals surface area contributed by atoms with E-state index >= 15 is 0 Å². The summed E-state index contributed by atoms with van der Waals surface area (Å²) in [7, 11) is 0. The van der Waals surface area contributed by atoms with Gasteiger partial charge in [-0.05, 0) is 0 Å². The fourth-order valence-electron chi connectivity index (χ4n) is 2.95. The van der Waals surface area contributed by atoms with Crippen LogP contribution in [0.25, 0.3) is 0 Å². The zero-order valence-electron chi connectivity index (χ0n) is 22.7. The first-order valence-electron chi connectivity index (χ1n) is 9.94. The minimum absolute atomic E-state index is 0. The van der Waals surface area contributed by atoms with Gasteiger partial charge in [-0.3, -0.25) is 38.8 Å². The van der Waals surface area contributed by atoms with Gasteiger partial charge in [-0.15, -0.1) is 0 Å². The molecule has 0 amide bonds. The number of carboxylic acid groups (broad SMARTS) is 6. The second-order valence-electron chi connectivity index (χ2n) is 7.29. The summed E-state index contributed by atoms with van der Waals surface area (Å²) in [6, 6.07) is 0. The molecule has 0 radical (unpaired) electrons. The number of carboxylic acids is 6. The van der Waals surface area contributed by atoms with Crippen molar-refractivity contribution in [3.05, 3.63) is 0 Å². The van der Waals surface area contributed by atoms with Crippen molar-refractivity contribution in [2.24, 2.45) is 0 Å². The normalized spacial score (nSPS) is 9.14. The van der Waals surface area contributed by atoms with Gasteiger partial charge in [0.2, 0.25) is 0 Å². The van der Waals surface area contributed by atoms with Crippen LogP contribution in [0.1, 0.15) is 0 Å². The molecule has 0 atom stereocenters. The molecule has 22 nitrogen and oxygen atoms in total. The number of rotatable bonds is 21. The second kappa shape index (κ2) is 34.9. The van der Waals surface area contributed by atoms with E-state index in [4.69, 9.17) is 20.4 Å². The Balaban J connectivity index is -0.000000194. The van der Waals surface area contributed by atoms with Gasteiger partial charge in [0, 0.05) is 91.3 Å². The predicted molar refractivity (Wildman–Crippen MR) is 128 cm³/mol. The van der Waals surface area contributed by atoms with Crippen LogP contribution in [0.2, 0.25) is 0 Å². The molecule has 0 heterocycles. The van der Waals surface area contributed by atoms with E-state index in [-0.39, 0.29) is 111 Å². The van der Waals surface area contributed by atoms with E-state index in [0.717, 1.165) is 9.80 Å². The Morgan fingerprint density at radius 3 is 0.714 bits per heavy atom. The van der Waals surface area contributed by atoms with Crippen molar-refractivity contribution in [1.82, 2.24) is 19.6 Å². The van der Waals surface area contributed by atoms with Crippen molar-refractivity contribution < 1.29 is 131 Å². The van der Waals surface area contributed by atoms with E-state index in [1.54, 1.807) is 0 Å². The number of hydrogen-bond acceptors (Lipinski definition) is 12. The summed E-state index contributed by atoms with van der Waals surface area (Å²) >= 11 is 0. The number of aliphatic carboxylic acids is 6. The third-order valence-electron chi connectivity index (χ3n) is 4.34. The predicted octanol–water partition coefficient (Wildman–Crippen LogP) is -10.9. The van der Waals surface area contributed by atoms with Crippen molar-refractivity contribution in [3.8, 4) is 0 Å². The van der Waals surface area contributed by atoms with Crippen molar-refractivity contribution in [2.75, 3.05) is 78.5 Å². The third kappa shape index (κ3) is 37.7. The Morgan fingerprint density at radius 2 is 0.548 bits per heavy atom. The minimum atomic E-state index is -1.51. The van der Waals surface area contributed by atoms with Crippen LogP contribution in [0, 0.1) is 0 Å². The Bertz CT molecular complexity index is 659. The molecule has 0 aliphatic carbocycles. The van der Waals surface area contributed by atoms with Gasteiger partial charge < -0.3 is 73.1 Å². The number of carbonyl (C=O) groups is 6. The molecular formula is C18H40N4O18Zn2-2. The summed E-state index contributed by atoms with van der Waals surface area (Å²) in [5.41, 5.74) is 0. The van der Waals surface area contributed by atoms with Gasteiger partial charge >= 0.3 is 23.9 Å². The van der Waals surface area contributed by atoms with Gasteiger partial charge in [0.25, 0.3) is 0 Å². The summed E-state index contributed by atoms with van der Waals surface area (Å²) < 4.78 is 0. The molecule has 0 unspecified atom stereocenters. The van der Waals surface area contributed by atoms with Crippen molar-refractivity contribution in [3.63, 3.8) is 0 Å². The SMILES string of the molecule is O.O.O.O.O.O.O=C([O-])CN(CCN(CCN(CCN(CC(=O)[O-])CC(=O)O)CC(=O)O)CC(=O)O)CC(=O)O.[Zn].[Zn]. The third-order valence-corrected chi connectivity index (χ3v) is 4.34. The number of hydrogen-bond donors (Lipinski definition) is 4. The fourth-order valence-corrected chi connectivity index (χ4v) is 2.95. The van der Waals surface area contributed by atoms with Gasteiger partial charge in [0.1, 0.15) is 0 Å². The van der Waals surface area contributed by atoms with Crippen LogP contribution >= 0.6 is 0 Å².